The number of nitrogens with one attached hydrogen (secondary N) is 1. The minimum absolute atomic E-state index is 0.0245. The lowest BCUT2D eigenvalue weighted by atomic mass is 9.99. The maximum Gasteiger partial charge on any atom is 0.229 e. The number of likely N-dealkylation sites (tertiary alicyclic amines) is 2. The first kappa shape index (κ1) is 21.6. The summed E-state index contributed by atoms with van der Waals surface area (Å²) in [7, 11) is 0. The average molecular weight is 420 g/mol. The van der Waals surface area contributed by atoms with Crippen LogP contribution in [0, 0.1) is 11.8 Å². The monoisotopic (exact) mass is 419 g/mol. The Kier molecular flexibility index (Phi) is 6.71. The topological polar surface area (TPSA) is 52.7 Å². The van der Waals surface area contributed by atoms with Crippen molar-refractivity contribution in [1.29, 1.82) is 0 Å². The second-order valence-electron chi connectivity index (χ2n) is 9.18. The van der Waals surface area contributed by atoms with Crippen molar-refractivity contribution < 1.29 is 9.59 Å². The van der Waals surface area contributed by atoms with Gasteiger partial charge in [0.05, 0.1) is 12.0 Å². The van der Waals surface area contributed by atoms with E-state index < -0.39 is 0 Å². The third kappa shape index (κ3) is 5.34. The zero-order valence-corrected chi connectivity index (χ0v) is 18.6. The highest BCUT2D eigenvalue weighted by Crippen LogP contribution is 2.29. The molecule has 5 nitrogen and oxygen atoms in total. The van der Waals surface area contributed by atoms with Crippen LogP contribution in [-0.4, -0.2) is 41.2 Å². The van der Waals surface area contributed by atoms with Crippen molar-refractivity contribution in [2.75, 3.05) is 25.0 Å². The first-order valence-electron chi connectivity index (χ1n) is 11.5. The highest BCUT2D eigenvalue weighted by atomic mass is 16.2. The molecule has 4 rings (SSSR count). The van der Waals surface area contributed by atoms with Gasteiger partial charge < -0.3 is 10.2 Å². The maximum absolute atomic E-state index is 12.8. The van der Waals surface area contributed by atoms with Gasteiger partial charge in [0.25, 0.3) is 0 Å². The van der Waals surface area contributed by atoms with Crippen LogP contribution in [-0.2, 0) is 16.1 Å². The van der Waals surface area contributed by atoms with E-state index in [0.717, 1.165) is 36.8 Å². The van der Waals surface area contributed by atoms with E-state index in [2.05, 4.69) is 29.3 Å². The fraction of sp³-hybridized carbons (Fsp3) is 0.462. The lowest BCUT2D eigenvalue weighted by molar-refractivity contribution is -0.129. The van der Waals surface area contributed by atoms with Crippen LogP contribution < -0.4 is 5.32 Å². The maximum atomic E-state index is 12.8. The molecule has 2 aliphatic heterocycles. The Bertz CT molecular complexity index is 889. The number of hydrogen-bond acceptors (Lipinski definition) is 3. The zero-order chi connectivity index (χ0) is 21.8. The molecule has 2 aliphatic rings. The van der Waals surface area contributed by atoms with Gasteiger partial charge in [-0.3, -0.25) is 14.5 Å². The van der Waals surface area contributed by atoms with E-state index in [0.29, 0.717) is 6.54 Å². The third-order valence-corrected chi connectivity index (χ3v) is 6.78. The van der Waals surface area contributed by atoms with Gasteiger partial charge in [-0.25, -0.2) is 0 Å². The third-order valence-electron chi connectivity index (χ3n) is 6.78. The largest absolute Gasteiger partial charge is 0.335 e. The summed E-state index contributed by atoms with van der Waals surface area (Å²) in [4.78, 5) is 29.7. The summed E-state index contributed by atoms with van der Waals surface area (Å²) in [6.07, 6.45) is 2.82. The summed E-state index contributed by atoms with van der Waals surface area (Å²) in [5, 5.41) is 3.01. The predicted octanol–water partition coefficient (Wildman–Crippen LogP) is 4.47. The highest BCUT2D eigenvalue weighted by molar-refractivity contribution is 5.97. The Hall–Kier alpha value is -2.66. The minimum atomic E-state index is -0.311. The molecular formula is C26H33N3O2. The van der Waals surface area contributed by atoms with Gasteiger partial charge in [0.15, 0.2) is 0 Å². The van der Waals surface area contributed by atoms with E-state index in [9.17, 15) is 9.59 Å². The standard InChI is InChI=1S/C26H33N3O2/c1-19-12-14-28(15-13-19)17-21-8-10-24(11-9-21)27-26(31)23-16-25(30)29(18-23)20(2)22-6-4-3-5-7-22/h3-11,19-20,23H,12-18H2,1-2H3,(H,27,31). The van der Waals surface area contributed by atoms with Crippen molar-refractivity contribution in [2.24, 2.45) is 11.8 Å². The second-order valence-corrected chi connectivity index (χ2v) is 9.18. The molecule has 0 aliphatic carbocycles. The molecule has 2 fully saturated rings. The number of benzene rings is 2. The van der Waals surface area contributed by atoms with Crippen LogP contribution in [0.15, 0.2) is 54.6 Å². The van der Waals surface area contributed by atoms with Crippen LogP contribution in [0.3, 0.4) is 0 Å². The molecule has 0 radical (unpaired) electrons. The molecule has 2 atom stereocenters. The molecule has 2 aromatic rings. The molecule has 1 N–H and O–H groups in total. The van der Waals surface area contributed by atoms with Gasteiger partial charge in [-0.2, -0.15) is 0 Å². The van der Waals surface area contributed by atoms with Crippen molar-refractivity contribution in [2.45, 2.75) is 45.7 Å². The number of carbonyl (C=O) groups is 2. The smallest absolute Gasteiger partial charge is 0.229 e. The number of amides is 2. The lowest BCUT2D eigenvalue weighted by Crippen LogP contribution is -2.32. The van der Waals surface area contributed by atoms with Crippen LogP contribution in [0.5, 0.6) is 0 Å². The highest BCUT2D eigenvalue weighted by Gasteiger charge is 2.37. The molecule has 2 heterocycles. The van der Waals surface area contributed by atoms with E-state index in [4.69, 9.17) is 0 Å². The molecule has 0 bridgehead atoms. The fourth-order valence-corrected chi connectivity index (χ4v) is 4.61. The van der Waals surface area contributed by atoms with Crippen molar-refractivity contribution in [3.63, 3.8) is 0 Å². The van der Waals surface area contributed by atoms with Crippen LogP contribution in [0.25, 0.3) is 0 Å². The summed E-state index contributed by atoms with van der Waals surface area (Å²) >= 11 is 0. The Morgan fingerprint density at radius 1 is 1.06 bits per heavy atom. The van der Waals surface area contributed by atoms with Gasteiger partial charge >= 0.3 is 0 Å². The van der Waals surface area contributed by atoms with Crippen LogP contribution >= 0.6 is 0 Å². The first-order valence-corrected chi connectivity index (χ1v) is 11.5. The zero-order valence-electron chi connectivity index (χ0n) is 18.6. The number of rotatable bonds is 6. The molecule has 164 valence electrons. The van der Waals surface area contributed by atoms with Crippen LogP contribution in [0.2, 0.25) is 0 Å². The van der Waals surface area contributed by atoms with E-state index in [1.165, 1.54) is 18.4 Å². The summed E-state index contributed by atoms with van der Waals surface area (Å²) in [5.41, 5.74) is 3.16. The van der Waals surface area contributed by atoms with Crippen molar-refractivity contribution in [3.05, 3.63) is 65.7 Å². The summed E-state index contributed by atoms with van der Waals surface area (Å²) in [6, 6.07) is 18.1. The van der Waals surface area contributed by atoms with Gasteiger partial charge in [-0.1, -0.05) is 49.4 Å². The molecule has 0 aromatic heterocycles. The lowest BCUT2D eigenvalue weighted by Gasteiger charge is -2.30. The molecule has 0 spiro atoms. The van der Waals surface area contributed by atoms with Gasteiger partial charge in [-0.05, 0) is 62.0 Å². The quantitative estimate of drug-likeness (QED) is 0.752. The Balaban J connectivity index is 1.30. The van der Waals surface area contributed by atoms with Crippen LogP contribution in [0.4, 0.5) is 5.69 Å². The normalized spacial score (nSPS) is 21.3. The van der Waals surface area contributed by atoms with Gasteiger partial charge in [0, 0.05) is 25.2 Å². The van der Waals surface area contributed by atoms with Crippen LogP contribution in [0.1, 0.15) is 50.3 Å². The minimum Gasteiger partial charge on any atom is -0.335 e. The number of nitrogens with zero attached hydrogens (tertiary/aromatic N) is 2. The van der Waals surface area contributed by atoms with Gasteiger partial charge in [0.2, 0.25) is 11.8 Å². The van der Waals surface area contributed by atoms with Gasteiger partial charge in [-0.15, -0.1) is 0 Å². The molecule has 2 aromatic carbocycles. The Morgan fingerprint density at radius 3 is 2.42 bits per heavy atom. The fourth-order valence-electron chi connectivity index (χ4n) is 4.61. The summed E-state index contributed by atoms with van der Waals surface area (Å²) in [6.45, 7) is 8.10. The molecule has 31 heavy (non-hydrogen) atoms. The van der Waals surface area contributed by atoms with Gasteiger partial charge in [0.1, 0.15) is 0 Å². The first-order chi connectivity index (χ1) is 15.0. The number of hydrogen-bond donors (Lipinski definition) is 1. The van der Waals surface area contributed by atoms with Crippen molar-refractivity contribution >= 4 is 17.5 Å². The molecule has 2 saturated heterocycles. The number of anilines is 1. The Morgan fingerprint density at radius 2 is 1.74 bits per heavy atom. The van der Waals surface area contributed by atoms with E-state index >= 15 is 0 Å². The molecule has 5 heteroatoms. The number of piperidine rings is 1. The van der Waals surface area contributed by atoms with E-state index in [1.807, 2.05) is 54.3 Å². The molecule has 2 unspecified atom stereocenters. The van der Waals surface area contributed by atoms with E-state index in [-0.39, 0.29) is 30.2 Å². The summed E-state index contributed by atoms with van der Waals surface area (Å²) in [5.74, 6) is 0.494. The number of carbonyl (C=O) groups excluding carboxylic acids is 2. The molecular weight excluding hydrogens is 386 g/mol. The molecule has 2 amide bonds. The van der Waals surface area contributed by atoms with Crippen molar-refractivity contribution in [3.8, 4) is 0 Å². The predicted molar refractivity (Wildman–Crippen MR) is 123 cm³/mol. The average Bonchev–Trinajstić information content (AvgIpc) is 3.18. The Labute approximate surface area is 185 Å². The van der Waals surface area contributed by atoms with Crippen molar-refractivity contribution in [1.82, 2.24) is 9.80 Å². The summed E-state index contributed by atoms with van der Waals surface area (Å²) < 4.78 is 0. The second kappa shape index (κ2) is 9.65. The van der Waals surface area contributed by atoms with E-state index in [1.54, 1.807) is 0 Å². The molecule has 0 saturated carbocycles. The SMILES string of the molecule is CC1CCN(Cc2ccc(NC(=O)C3CC(=O)N(C(C)c4ccccc4)C3)cc2)CC1.